The molecule has 2 heterocycles. The maximum atomic E-state index is 14.7. The molecule has 1 fully saturated rings. The van der Waals surface area contributed by atoms with Crippen molar-refractivity contribution in [2.75, 3.05) is 32.0 Å². The number of esters is 1. The fraction of sp³-hybridized carbons (Fsp3) is 0.660. The topological polar surface area (TPSA) is 301 Å². The molecular weight excluding hydrogens is 985 g/mol. The van der Waals surface area contributed by atoms with Crippen molar-refractivity contribution in [2.45, 2.75) is 176 Å². The van der Waals surface area contributed by atoms with Crippen molar-refractivity contribution in [3.05, 3.63) is 45.9 Å². The summed E-state index contributed by atoms with van der Waals surface area (Å²) in [6, 6.07) is 1.76. The SMILES string of the molecule is CCCN(C(=O)[C@@H](NC(=O)[C@H]1CCCCN1C)[C@@H](C)CC)[C@H](C[C@@H](OC(C)=O)c1nc(C(=O)N[C@@H](Cc2ccc(NC(=O)[C@H](CCCNC(N)=O)NC(=O)[C@@H](NC(C)=O)C(C)C)cc2)C[C@H](C)C(=O)O)cs1)C(C)C. The van der Waals surface area contributed by atoms with E-state index >= 15 is 0 Å². The van der Waals surface area contributed by atoms with E-state index in [0.717, 1.165) is 30.7 Å². The number of rotatable bonds is 30. The number of nitrogens with one attached hydrogen (secondary N) is 6. The van der Waals surface area contributed by atoms with Crippen molar-refractivity contribution in [1.82, 2.24) is 41.4 Å². The Morgan fingerprint density at radius 3 is 2.12 bits per heavy atom. The Kier molecular flexibility index (Phi) is 26.1. The number of ether oxygens (including phenoxy) is 1. The summed E-state index contributed by atoms with van der Waals surface area (Å²) in [6.07, 6.45) is 3.85. The molecule has 418 valence electrons. The van der Waals surface area contributed by atoms with Crippen LogP contribution in [0.2, 0.25) is 0 Å². The first kappa shape index (κ1) is 63.1. The lowest BCUT2D eigenvalue weighted by Gasteiger charge is -2.40. The van der Waals surface area contributed by atoms with E-state index in [0.29, 0.717) is 48.5 Å². The van der Waals surface area contributed by atoms with Gasteiger partial charge in [0.2, 0.25) is 29.5 Å². The Labute approximate surface area is 446 Å². The van der Waals surface area contributed by atoms with Gasteiger partial charge in [-0.25, -0.2) is 9.78 Å². The fourth-order valence-corrected chi connectivity index (χ4v) is 9.98. The van der Waals surface area contributed by atoms with Crippen molar-refractivity contribution < 1.29 is 53.0 Å². The van der Waals surface area contributed by atoms with Gasteiger partial charge in [-0.05, 0) is 94.0 Å². The number of carbonyl (C=O) groups is 9. The van der Waals surface area contributed by atoms with Gasteiger partial charge in [0, 0.05) is 56.5 Å². The molecule has 0 saturated carbocycles. The first-order valence-corrected chi connectivity index (χ1v) is 27.2. The van der Waals surface area contributed by atoms with E-state index < -0.39 is 83.8 Å². The Hall–Kier alpha value is -6.16. The van der Waals surface area contributed by atoms with Crippen molar-refractivity contribution in [3.63, 3.8) is 0 Å². The normalized spacial score (nSPS) is 16.9. The van der Waals surface area contributed by atoms with Gasteiger partial charge >= 0.3 is 18.0 Å². The van der Waals surface area contributed by atoms with Gasteiger partial charge in [-0.1, -0.05) is 80.4 Å². The molecule has 9 N–H and O–H groups in total. The number of amides is 8. The number of likely N-dealkylation sites (N-methyl/N-ethyl adjacent to an activating group) is 1. The summed E-state index contributed by atoms with van der Waals surface area (Å²) in [5.74, 6) is -5.52. The second-order valence-electron chi connectivity index (χ2n) is 20.6. The molecule has 3 rings (SSSR count). The molecule has 75 heavy (non-hydrogen) atoms. The lowest BCUT2D eigenvalue weighted by atomic mass is 9.92. The lowest BCUT2D eigenvalue weighted by molar-refractivity contribution is -0.150. The zero-order chi connectivity index (χ0) is 56.1. The quantitative estimate of drug-likeness (QED) is 0.0382. The largest absolute Gasteiger partial charge is 0.481 e. The zero-order valence-electron chi connectivity index (χ0n) is 45.8. The van der Waals surface area contributed by atoms with Crippen LogP contribution < -0.4 is 37.6 Å². The second kappa shape index (κ2) is 31.0. The van der Waals surface area contributed by atoms with Gasteiger partial charge in [-0.15, -0.1) is 11.3 Å². The molecule has 0 bridgehead atoms. The van der Waals surface area contributed by atoms with Gasteiger partial charge in [-0.3, -0.25) is 43.3 Å². The Bertz CT molecular complexity index is 2240. The first-order valence-electron chi connectivity index (χ1n) is 26.3. The third kappa shape index (κ3) is 20.5. The fourth-order valence-electron chi connectivity index (χ4n) is 9.14. The molecule has 21 nitrogen and oxygen atoms in total. The number of likely N-dealkylation sites (tertiary alicyclic amines) is 1. The zero-order valence-corrected chi connectivity index (χ0v) is 46.6. The number of anilines is 1. The summed E-state index contributed by atoms with van der Waals surface area (Å²) in [5.41, 5.74) is 6.29. The highest BCUT2D eigenvalue weighted by Gasteiger charge is 2.39. The van der Waals surface area contributed by atoms with E-state index in [-0.39, 0.29) is 73.5 Å². The van der Waals surface area contributed by atoms with Crippen LogP contribution in [0.3, 0.4) is 0 Å². The maximum absolute atomic E-state index is 14.7. The summed E-state index contributed by atoms with van der Waals surface area (Å²) >= 11 is 1.12. The van der Waals surface area contributed by atoms with E-state index in [1.54, 1.807) is 48.4 Å². The number of nitrogens with two attached hydrogens (primary N) is 1. The van der Waals surface area contributed by atoms with Crippen LogP contribution in [0.4, 0.5) is 10.5 Å². The maximum Gasteiger partial charge on any atom is 0.312 e. The van der Waals surface area contributed by atoms with Gasteiger partial charge in [0.25, 0.3) is 5.91 Å². The molecule has 1 saturated heterocycles. The van der Waals surface area contributed by atoms with Crippen LogP contribution in [0.25, 0.3) is 0 Å². The van der Waals surface area contributed by atoms with E-state index in [1.807, 2.05) is 46.6 Å². The van der Waals surface area contributed by atoms with E-state index in [4.69, 9.17) is 10.5 Å². The van der Waals surface area contributed by atoms with Gasteiger partial charge in [0.15, 0.2) is 6.10 Å². The molecule has 0 aliphatic carbocycles. The van der Waals surface area contributed by atoms with Crippen LogP contribution in [-0.2, 0) is 44.7 Å². The lowest BCUT2D eigenvalue weighted by Crippen LogP contribution is -2.58. The number of benzene rings is 1. The Morgan fingerprint density at radius 2 is 1.56 bits per heavy atom. The number of carboxylic acids is 1. The number of aromatic nitrogens is 1. The van der Waals surface area contributed by atoms with Gasteiger partial charge < -0.3 is 52.4 Å². The summed E-state index contributed by atoms with van der Waals surface area (Å²) in [4.78, 5) is 126. The molecule has 9 atom stereocenters. The molecule has 0 spiro atoms. The minimum absolute atomic E-state index is 0.0249. The van der Waals surface area contributed by atoms with E-state index in [2.05, 4.69) is 36.9 Å². The highest BCUT2D eigenvalue weighted by Crippen LogP contribution is 2.32. The van der Waals surface area contributed by atoms with Crippen LogP contribution in [0.15, 0.2) is 29.6 Å². The molecule has 22 heteroatoms. The highest BCUT2D eigenvalue weighted by atomic mass is 32.1. The average molecular weight is 1070 g/mol. The number of hydrogen-bond donors (Lipinski definition) is 8. The third-order valence-corrected chi connectivity index (χ3v) is 14.5. The van der Waals surface area contributed by atoms with Gasteiger partial charge in [0.05, 0.1) is 12.0 Å². The Balaban J connectivity index is 1.85. The average Bonchev–Trinajstić information content (AvgIpc) is 3.84. The second-order valence-corrected chi connectivity index (χ2v) is 21.5. The van der Waals surface area contributed by atoms with E-state index in [1.165, 1.54) is 20.8 Å². The predicted octanol–water partition coefficient (Wildman–Crippen LogP) is 4.90. The standard InChI is InChI=1S/C53H84N10O11S/c1-12-24-63(51(70)45(32(7)13-2)61-48(68)41-18-14-15-25-62(41)11)42(30(3)4)28-43(74-35(10)65)50-60-40(29-75-50)47(67)58-38(26-33(8)52(71)72)27-36-19-21-37(22-20-36)57-46(66)39(17-16-23-55-53(54)73)59-49(69)44(31(5)6)56-34(9)64/h19-22,29-33,38-39,41-45H,12-18,23-28H2,1-11H3,(H,56,64)(H,57,66)(H,58,67)(H,59,69)(H,61,68)(H,71,72)(H3,54,55,73)/t32-,33-,38+,39-,41+,42+,43+,44-,45-/m0/s1. The number of aliphatic carboxylic acids is 1. The minimum atomic E-state index is -1.05. The highest BCUT2D eigenvalue weighted by molar-refractivity contribution is 7.09. The van der Waals surface area contributed by atoms with Crippen molar-refractivity contribution in [3.8, 4) is 0 Å². The van der Waals surface area contributed by atoms with Crippen molar-refractivity contribution >= 4 is 70.4 Å². The Morgan fingerprint density at radius 1 is 0.880 bits per heavy atom. The molecular formula is C53H84N10O11S. The van der Waals surface area contributed by atoms with Crippen LogP contribution in [0.5, 0.6) is 0 Å². The molecule has 1 aromatic heterocycles. The minimum Gasteiger partial charge on any atom is -0.481 e. The van der Waals surface area contributed by atoms with Gasteiger partial charge in [-0.2, -0.15) is 0 Å². The summed E-state index contributed by atoms with van der Waals surface area (Å²) < 4.78 is 5.89. The first-order chi connectivity index (χ1) is 35.4. The predicted molar refractivity (Wildman–Crippen MR) is 286 cm³/mol. The molecule has 0 radical (unpaired) electrons. The number of primary amides is 1. The van der Waals surface area contributed by atoms with Crippen LogP contribution in [0, 0.1) is 23.7 Å². The summed E-state index contributed by atoms with van der Waals surface area (Å²) in [6.45, 7) is 18.8. The third-order valence-electron chi connectivity index (χ3n) is 13.6. The van der Waals surface area contributed by atoms with Crippen molar-refractivity contribution in [1.29, 1.82) is 0 Å². The molecule has 2 aromatic rings. The number of thiazole rings is 1. The molecule has 1 aromatic carbocycles. The smallest absolute Gasteiger partial charge is 0.312 e. The van der Waals surface area contributed by atoms with Crippen LogP contribution >= 0.6 is 11.3 Å². The summed E-state index contributed by atoms with van der Waals surface area (Å²) in [5, 5.41) is 28.4. The molecule has 1 aliphatic rings. The number of hydrogen-bond acceptors (Lipinski definition) is 13. The number of carbonyl (C=O) groups excluding carboxylic acids is 8. The van der Waals surface area contributed by atoms with Gasteiger partial charge in [0.1, 0.15) is 28.8 Å². The number of urea groups is 1. The number of carboxylic acid groups (broad SMARTS) is 1. The van der Waals surface area contributed by atoms with Crippen molar-refractivity contribution in [2.24, 2.45) is 29.4 Å². The van der Waals surface area contributed by atoms with E-state index in [9.17, 15) is 48.3 Å². The number of nitrogens with zero attached hydrogens (tertiary/aromatic N) is 3. The molecule has 8 amide bonds. The van der Waals surface area contributed by atoms with Crippen LogP contribution in [-0.4, -0.2) is 136 Å². The summed E-state index contributed by atoms with van der Waals surface area (Å²) in [7, 11) is 1.93. The van der Waals surface area contributed by atoms with Crippen LogP contribution in [0.1, 0.15) is 154 Å². The molecule has 1 aliphatic heterocycles. The monoisotopic (exact) mass is 1070 g/mol. The molecule has 0 unspecified atom stereocenters. The number of piperidine rings is 1.